The number of aliphatic carboxylic acids is 1. The lowest BCUT2D eigenvalue weighted by atomic mass is 9.97. The van der Waals surface area contributed by atoms with Crippen LogP contribution in [0.3, 0.4) is 0 Å². The van der Waals surface area contributed by atoms with Crippen LogP contribution in [-0.2, 0) is 11.3 Å². The van der Waals surface area contributed by atoms with Gasteiger partial charge in [0.15, 0.2) is 0 Å². The molecule has 0 bridgehead atoms. The molecule has 1 aliphatic heterocycles. The molecule has 6 heteroatoms. The van der Waals surface area contributed by atoms with Gasteiger partial charge in [-0.25, -0.2) is 0 Å². The zero-order chi connectivity index (χ0) is 14.0. The third kappa shape index (κ3) is 3.00. The quantitative estimate of drug-likeness (QED) is 0.925. The molecule has 0 radical (unpaired) electrons. The summed E-state index contributed by atoms with van der Waals surface area (Å²) in [5, 5.41) is 8.95. The monoisotopic (exact) mass is 328 g/mol. The number of aryl methyl sites for hydroxylation is 1. The van der Waals surface area contributed by atoms with E-state index in [1.165, 1.54) is 0 Å². The molecule has 1 aromatic rings. The van der Waals surface area contributed by atoms with E-state index in [0.29, 0.717) is 31.6 Å². The molecule has 2 rings (SSSR count). The van der Waals surface area contributed by atoms with Crippen molar-refractivity contribution in [1.29, 1.82) is 0 Å². The van der Waals surface area contributed by atoms with E-state index in [0.717, 1.165) is 11.0 Å². The average molecular weight is 329 g/mol. The minimum absolute atomic E-state index is 0.0172. The lowest BCUT2D eigenvalue weighted by Gasteiger charge is -2.30. The second-order valence-corrected chi connectivity index (χ2v) is 5.65. The van der Waals surface area contributed by atoms with Gasteiger partial charge in [-0.2, -0.15) is 0 Å². The molecule has 5 nitrogen and oxygen atoms in total. The van der Waals surface area contributed by atoms with E-state index in [9.17, 15) is 9.59 Å². The molecule has 0 aromatic carbocycles. The Hall–Kier alpha value is -1.30. The fourth-order valence-electron chi connectivity index (χ4n) is 2.41. The third-order valence-corrected chi connectivity index (χ3v) is 3.99. The van der Waals surface area contributed by atoms with Crippen LogP contribution in [0.4, 0.5) is 0 Å². The second kappa shape index (κ2) is 5.77. The van der Waals surface area contributed by atoms with Gasteiger partial charge in [0.05, 0.1) is 5.92 Å². The van der Waals surface area contributed by atoms with E-state index in [4.69, 9.17) is 5.11 Å². The number of nitrogens with zero attached hydrogens (tertiary/aromatic N) is 2. The van der Waals surface area contributed by atoms with Gasteiger partial charge in [-0.15, -0.1) is 0 Å². The van der Waals surface area contributed by atoms with Crippen molar-refractivity contribution < 1.29 is 14.7 Å². The molecule has 1 fully saturated rings. The Morgan fingerprint density at radius 3 is 2.58 bits per heavy atom. The average Bonchev–Trinajstić information content (AvgIpc) is 2.79. The molecule has 0 atom stereocenters. The summed E-state index contributed by atoms with van der Waals surface area (Å²) in [6, 6.07) is 1.81. The fourth-order valence-corrected chi connectivity index (χ4v) is 2.87. The van der Waals surface area contributed by atoms with Crippen LogP contribution in [0.5, 0.6) is 0 Å². The molecule has 0 unspecified atom stereocenters. The number of carboxylic acids is 1. The van der Waals surface area contributed by atoms with E-state index in [2.05, 4.69) is 15.9 Å². The van der Waals surface area contributed by atoms with E-state index >= 15 is 0 Å². The molecule has 0 aliphatic carbocycles. The maximum Gasteiger partial charge on any atom is 0.306 e. The first-order valence-electron chi connectivity index (χ1n) is 6.40. The van der Waals surface area contributed by atoms with Crippen LogP contribution < -0.4 is 0 Å². The molecule has 104 valence electrons. The Morgan fingerprint density at radius 2 is 2.05 bits per heavy atom. The summed E-state index contributed by atoms with van der Waals surface area (Å²) < 4.78 is 2.79. The van der Waals surface area contributed by atoms with E-state index < -0.39 is 5.97 Å². The first-order chi connectivity index (χ1) is 9.02. The van der Waals surface area contributed by atoms with Crippen LogP contribution >= 0.6 is 15.9 Å². The van der Waals surface area contributed by atoms with E-state index in [1.807, 2.05) is 23.8 Å². The number of carbonyl (C=O) groups excluding carboxylic acids is 1. The van der Waals surface area contributed by atoms with Gasteiger partial charge in [-0.1, -0.05) is 0 Å². The van der Waals surface area contributed by atoms with Gasteiger partial charge in [0.1, 0.15) is 5.69 Å². The number of carboxylic acid groups (broad SMARTS) is 1. The van der Waals surface area contributed by atoms with Gasteiger partial charge in [0.2, 0.25) is 0 Å². The number of hydrogen-bond donors (Lipinski definition) is 1. The molecule has 1 saturated heterocycles. The molecule has 1 aliphatic rings. The zero-order valence-corrected chi connectivity index (χ0v) is 12.4. The van der Waals surface area contributed by atoms with Crippen LogP contribution in [0.2, 0.25) is 0 Å². The lowest BCUT2D eigenvalue weighted by molar-refractivity contribution is -0.143. The zero-order valence-electron chi connectivity index (χ0n) is 10.8. The van der Waals surface area contributed by atoms with Gasteiger partial charge in [0.25, 0.3) is 5.91 Å². The molecular weight excluding hydrogens is 312 g/mol. The Labute approximate surface area is 120 Å². The predicted octanol–water partition coefficient (Wildman–Crippen LogP) is 2.21. The maximum atomic E-state index is 12.4. The molecule has 1 aromatic heterocycles. The Balaban J connectivity index is 2.07. The standard InChI is InChI=1S/C13H17BrN2O3/c1-2-15-8-10(14)7-11(15)12(17)16-5-3-9(4-6-16)13(18)19/h7-9H,2-6H2,1H3,(H,18,19). The van der Waals surface area contributed by atoms with Crippen molar-refractivity contribution in [2.24, 2.45) is 5.92 Å². The van der Waals surface area contributed by atoms with Crippen LogP contribution in [0.25, 0.3) is 0 Å². The molecule has 1 amide bonds. The van der Waals surface area contributed by atoms with Crippen molar-refractivity contribution in [2.75, 3.05) is 13.1 Å². The Morgan fingerprint density at radius 1 is 1.42 bits per heavy atom. The summed E-state index contributed by atoms with van der Waals surface area (Å²) in [6.07, 6.45) is 2.96. The van der Waals surface area contributed by atoms with Crippen molar-refractivity contribution in [2.45, 2.75) is 26.3 Å². The molecule has 0 saturated carbocycles. The number of aromatic nitrogens is 1. The van der Waals surface area contributed by atoms with Crippen LogP contribution in [0.15, 0.2) is 16.7 Å². The van der Waals surface area contributed by atoms with E-state index in [-0.39, 0.29) is 11.8 Å². The van der Waals surface area contributed by atoms with Crippen LogP contribution in [0, 0.1) is 5.92 Å². The van der Waals surface area contributed by atoms with Gasteiger partial charge in [0, 0.05) is 30.3 Å². The molecule has 2 heterocycles. The summed E-state index contributed by atoms with van der Waals surface area (Å²) in [7, 11) is 0. The van der Waals surface area contributed by atoms with Crippen molar-refractivity contribution in [3.63, 3.8) is 0 Å². The number of amides is 1. The highest BCUT2D eigenvalue weighted by molar-refractivity contribution is 9.10. The largest absolute Gasteiger partial charge is 0.481 e. The van der Waals surface area contributed by atoms with Gasteiger partial charge >= 0.3 is 5.97 Å². The number of piperidine rings is 1. The molecule has 1 N–H and O–H groups in total. The van der Waals surface area contributed by atoms with Crippen molar-refractivity contribution >= 4 is 27.8 Å². The van der Waals surface area contributed by atoms with Crippen molar-refractivity contribution in [3.8, 4) is 0 Å². The predicted molar refractivity (Wildman–Crippen MR) is 74.1 cm³/mol. The molecule has 0 spiro atoms. The number of halogens is 1. The highest BCUT2D eigenvalue weighted by atomic mass is 79.9. The summed E-state index contributed by atoms with van der Waals surface area (Å²) in [5.74, 6) is -1.09. The number of carbonyl (C=O) groups is 2. The smallest absolute Gasteiger partial charge is 0.306 e. The SMILES string of the molecule is CCn1cc(Br)cc1C(=O)N1CCC(C(=O)O)CC1. The second-order valence-electron chi connectivity index (χ2n) is 4.73. The van der Waals surface area contributed by atoms with Crippen molar-refractivity contribution in [1.82, 2.24) is 9.47 Å². The molecule has 19 heavy (non-hydrogen) atoms. The first kappa shape index (κ1) is 14.1. The normalized spacial score (nSPS) is 16.6. The van der Waals surface area contributed by atoms with Crippen molar-refractivity contribution in [3.05, 3.63) is 22.4 Å². The highest BCUT2D eigenvalue weighted by Crippen LogP contribution is 2.21. The first-order valence-corrected chi connectivity index (χ1v) is 7.20. The lowest BCUT2D eigenvalue weighted by Crippen LogP contribution is -2.40. The van der Waals surface area contributed by atoms with E-state index in [1.54, 1.807) is 4.90 Å². The fraction of sp³-hybridized carbons (Fsp3) is 0.538. The van der Waals surface area contributed by atoms with Crippen LogP contribution in [-0.4, -0.2) is 39.5 Å². The Kier molecular flexibility index (Phi) is 4.29. The van der Waals surface area contributed by atoms with Gasteiger partial charge in [-0.3, -0.25) is 9.59 Å². The number of rotatable bonds is 3. The van der Waals surface area contributed by atoms with Gasteiger partial charge in [-0.05, 0) is 41.8 Å². The topological polar surface area (TPSA) is 62.5 Å². The van der Waals surface area contributed by atoms with Crippen LogP contribution in [0.1, 0.15) is 30.3 Å². The summed E-state index contributed by atoms with van der Waals surface area (Å²) in [6.45, 7) is 3.75. The highest BCUT2D eigenvalue weighted by Gasteiger charge is 2.28. The summed E-state index contributed by atoms with van der Waals surface area (Å²) in [5.41, 5.74) is 0.656. The maximum absolute atomic E-state index is 12.4. The minimum Gasteiger partial charge on any atom is -0.481 e. The minimum atomic E-state index is -0.758. The summed E-state index contributed by atoms with van der Waals surface area (Å²) >= 11 is 3.38. The van der Waals surface area contributed by atoms with Gasteiger partial charge < -0.3 is 14.6 Å². The summed E-state index contributed by atoms with van der Waals surface area (Å²) in [4.78, 5) is 25.0. The molecular formula is C13H17BrN2O3. The Bertz CT molecular complexity index is 490. The number of hydrogen-bond acceptors (Lipinski definition) is 2. The third-order valence-electron chi connectivity index (χ3n) is 3.55. The number of likely N-dealkylation sites (tertiary alicyclic amines) is 1.